The average Bonchev–Trinajstić information content (AvgIpc) is 2.84. The van der Waals surface area contributed by atoms with E-state index in [9.17, 15) is 14.0 Å². The molecule has 2 aromatic rings. The summed E-state index contributed by atoms with van der Waals surface area (Å²) in [6.45, 7) is 14.0. The zero-order valence-corrected chi connectivity index (χ0v) is 24.2. The van der Waals surface area contributed by atoms with Gasteiger partial charge in [0.05, 0.1) is 29.3 Å². The second kappa shape index (κ2) is 13.6. The Morgan fingerprint density at radius 3 is 1.65 bits per heavy atom. The molecule has 0 saturated heterocycles. The minimum atomic E-state index is -0.971. The molecule has 9 heteroatoms. The van der Waals surface area contributed by atoms with Gasteiger partial charge in [-0.05, 0) is 73.6 Å². The smallest absolute Gasteiger partial charge is 0.339 e. The van der Waals surface area contributed by atoms with E-state index in [1.165, 1.54) is 12.1 Å². The quantitative estimate of drug-likeness (QED) is 0.249. The Morgan fingerprint density at radius 2 is 1.18 bits per heavy atom. The van der Waals surface area contributed by atoms with Gasteiger partial charge in [0.2, 0.25) is 12.6 Å². The highest BCUT2D eigenvalue weighted by atomic mass is 19.1. The van der Waals surface area contributed by atoms with E-state index in [1.807, 2.05) is 27.7 Å². The molecule has 1 heterocycles. The molecule has 2 atom stereocenters. The normalized spacial score (nSPS) is 17.0. The summed E-state index contributed by atoms with van der Waals surface area (Å²) < 4.78 is 43.1. The molecule has 216 valence electrons. The number of dihydropyridines is 1. The number of esters is 2. The van der Waals surface area contributed by atoms with Crippen LogP contribution < -0.4 is 10.1 Å². The third-order valence-electron chi connectivity index (χ3n) is 5.96. The van der Waals surface area contributed by atoms with Crippen molar-refractivity contribution in [2.24, 2.45) is 0 Å². The van der Waals surface area contributed by atoms with Crippen molar-refractivity contribution < 1.29 is 37.7 Å². The molecule has 2 aromatic carbocycles. The maximum absolute atomic E-state index is 14.5. The molecule has 1 aliphatic heterocycles. The first-order valence-corrected chi connectivity index (χ1v) is 13.3. The highest BCUT2D eigenvalue weighted by Gasteiger charge is 2.40. The summed E-state index contributed by atoms with van der Waals surface area (Å²) in [5, 5.41) is 3.12. The monoisotopic (exact) mass is 555 g/mol. The number of hydrogen-bond acceptors (Lipinski definition) is 8. The number of para-hydroxylation sites is 2. The van der Waals surface area contributed by atoms with Crippen LogP contribution in [0.1, 0.15) is 66.9 Å². The number of ether oxygens (including phenoxy) is 5. The van der Waals surface area contributed by atoms with Gasteiger partial charge >= 0.3 is 11.9 Å². The van der Waals surface area contributed by atoms with E-state index >= 15 is 0 Å². The van der Waals surface area contributed by atoms with E-state index in [1.54, 1.807) is 64.1 Å². The molecule has 0 radical (unpaired) electrons. The van der Waals surface area contributed by atoms with Crippen molar-refractivity contribution in [2.75, 3.05) is 0 Å². The highest BCUT2D eigenvalue weighted by Crippen LogP contribution is 2.44. The summed E-state index contributed by atoms with van der Waals surface area (Å²) in [5.74, 6) is -2.65. The fourth-order valence-electron chi connectivity index (χ4n) is 4.55. The molecule has 0 aliphatic carbocycles. The zero-order valence-electron chi connectivity index (χ0n) is 24.2. The Morgan fingerprint density at radius 1 is 0.725 bits per heavy atom. The fraction of sp³-hybridized carbons (Fsp3) is 0.419. The molecular weight excluding hydrogens is 517 g/mol. The molecule has 2 unspecified atom stereocenters. The Hall–Kier alpha value is -3.69. The van der Waals surface area contributed by atoms with Gasteiger partial charge in [0.1, 0.15) is 5.75 Å². The van der Waals surface area contributed by atoms with E-state index in [2.05, 4.69) is 5.32 Å². The summed E-state index contributed by atoms with van der Waals surface area (Å²) in [5.41, 5.74) is 1.73. The lowest BCUT2D eigenvalue weighted by Gasteiger charge is -2.32. The number of nitrogens with one attached hydrogen (secondary N) is 1. The molecule has 0 bridgehead atoms. The lowest BCUT2D eigenvalue weighted by Crippen LogP contribution is -2.35. The summed E-state index contributed by atoms with van der Waals surface area (Å²) in [6.07, 6.45) is -2.05. The second-order valence-electron chi connectivity index (χ2n) is 10.0. The largest absolute Gasteiger partial charge is 0.454 e. The molecule has 1 aliphatic rings. The number of rotatable bonds is 11. The van der Waals surface area contributed by atoms with Gasteiger partial charge in [-0.2, -0.15) is 0 Å². The van der Waals surface area contributed by atoms with Crippen molar-refractivity contribution in [1.29, 1.82) is 0 Å². The number of carbonyl (C=O) groups is 2. The Labute approximate surface area is 235 Å². The van der Waals surface area contributed by atoms with Crippen LogP contribution in [0.15, 0.2) is 71.1 Å². The van der Waals surface area contributed by atoms with Crippen molar-refractivity contribution in [3.8, 4) is 11.5 Å². The van der Waals surface area contributed by atoms with Gasteiger partial charge in [-0.3, -0.25) is 0 Å². The molecule has 0 amide bonds. The molecule has 40 heavy (non-hydrogen) atoms. The maximum atomic E-state index is 14.5. The van der Waals surface area contributed by atoms with E-state index in [0.29, 0.717) is 17.0 Å². The van der Waals surface area contributed by atoms with Gasteiger partial charge in [0.15, 0.2) is 11.6 Å². The molecule has 0 spiro atoms. The molecule has 0 saturated carbocycles. The van der Waals surface area contributed by atoms with Crippen molar-refractivity contribution in [1.82, 2.24) is 5.32 Å². The standard InChI is InChI=1S/C31H38FNO7/c1-17(2)36-21(7)38-30(34)27-19(5)33-20(6)28(31(35)39-22(8)37-18(3)4)29(27)23-13-9-11-15-25(23)40-26-16-12-10-14-24(26)32/h9-18,21-22,29,33H,1-8H3. The number of hydrogen-bond donors (Lipinski definition) is 1. The predicted octanol–water partition coefficient (Wildman–Crippen LogP) is 6.48. The van der Waals surface area contributed by atoms with Gasteiger partial charge in [0, 0.05) is 17.0 Å². The van der Waals surface area contributed by atoms with Gasteiger partial charge in [0.25, 0.3) is 0 Å². The van der Waals surface area contributed by atoms with Gasteiger partial charge in [-0.1, -0.05) is 30.3 Å². The van der Waals surface area contributed by atoms with E-state index in [-0.39, 0.29) is 34.9 Å². The van der Waals surface area contributed by atoms with Crippen LogP contribution in [-0.4, -0.2) is 36.7 Å². The molecular formula is C31H38FNO7. The molecule has 0 aromatic heterocycles. The topological polar surface area (TPSA) is 92.3 Å². The van der Waals surface area contributed by atoms with Crippen LogP contribution in [-0.2, 0) is 28.5 Å². The van der Waals surface area contributed by atoms with Crippen molar-refractivity contribution in [3.05, 3.63) is 82.5 Å². The fourth-order valence-corrected chi connectivity index (χ4v) is 4.55. The van der Waals surface area contributed by atoms with Crippen molar-refractivity contribution in [2.45, 2.75) is 86.1 Å². The molecule has 0 fully saturated rings. The first kappa shape index (κ1) is 30.8. The number of carbonyl (C=O) groups excluding carboxylic acids is 2. The van der Waals surface area contributed by atoms with Crippen molar-refractivity contribution in [3.63, 3.8) is 0 Å². The molecule has 1 N–H and O–H groups in total. The van der Waals surface area contributed by atoms with Gasteiger partial charge < -0.3 is 29.0 Å². The first-order chi connectivity index (χ1) is 18.9. The summed E-state index contributed by atoms with van der Waals surface area (Å²) >= 11 is 0. The number of halogens is 1. The van der Waals surface area contributed by atoms with Crippen LogP contribution in [0.2, 0.25) is 0 Å². The number of benzene rings is 2. The number of allylic oxidation sites excluding steroid dienone is 2. The minimum Gasteiger partial charge on any atom is -0.454 e. The van der Waals surface area contributed by atoms with Gasteiger partial charge in [-0.25, -0.2) is 14.0 Å². The van der Waals surface area contributed by atoms with Crippen LogP contribution in [0.25, 0.3) is 0 Å². The van der Waals surface area contributed by atoms with Crippen LogP contribution in [0, 0.1) is 5.82 Å². The summed E-state index contributed by atoms with van der Waals surface area (Å²) in [4.78, 5) is 27.3. The van der Waals surface area contributed by atoms with E-state index in [4.69, 9.17) is 23.7 Å². The molecule has 3 rings (SSSR count). The van der Waals surface area contributed by atoms with Crippen LogP contribution in [0.4, 0.5) is 4.39 Å². The Kier molecular flexibility index (Phi) is 10.5. The van der Waals surface area contributed by atoms with E-state index < -0.39 is 36.3 Å². The van der Waals surface area contributed by atoms with Crippen molar-refractivity contribution >= 4 is 11.9 Å². The third-order valence-corrected chi connectivity index (χ3v) is 5.96. The maximum Gasteiger partial charge on any atom is 0.339 e. The first-order valence-electron chi connectivity index (χ1n) is 13.3. The van der Waals surface area contributed by atoms with E-state index in [0.717, 1.165) is 0 Å². The summed E-state index contributed by atoms with van der Waals surface area (Å²) in [6, 6.07) is 12.8. The average molecular weight is 556 g/mol. The minimum absolute atomic E-state index is 0.00329. The SMILES string of the molecule is CC1=C(C(=O)OC(C)OC(C)C)C(c2ccccc2Oc2ccccc2F)C(C(=O)OC(C)OC(C)C)=C(C)N1. The highest BCUT2D eigenvalue weighted by molar-refractivity contribution is 6.00. The zero-order chi connectivity index (χ0) is 29.6. The third kappa shape index (κ3) is 7.70. The lowest BCUT2D eigenvalue weighted by molar-refractivity contribution is -0.177. The van der Waals surface area contributed by atoms with Crippen LogP contribution in [0.3, 0.4) is 0 Å². The molecule has 8 nitrogen and oxygen atoms in total. The Balaban J connectivity index is 2.13. The van der Waals surface area contributed by atoms with Crippen LogP contribution >= 0.6 is 0 Å². The lowest BCUT2D eigenvalue weighted by atomic mass is 9.80. The summed E-state index contributed by atoms with van der Waals surface area (Å²) in [7, 11) is 0. The second-order valence-corrected chi connectivity index (χ2v) is 10.0. The van der Waals surface area contributed by atoms with Crippen LogP contribution in [0.5, 0.6) is 11.5 Å². The Bertz CT molecular complexity index is 1230. The predicted molar refractivity (Wildman–Crippen MR) is 148 cm³/mol. The van der Waals surface area contributed by atoms with Gasteiger partial charge in [-0.15, -0.1) is 0 Å².